The molecule has 4 nitrogen and oxygen atoms in total. The molecule has 0 spiro atoms. The largest absolute Gasteiger partial charge is 0.443 e. The lowest BCUT2D eigenvalue weighted by Gasteiger charge is -2.28. The molecule has 1 aliphatic heterocycles. The number of imide groups is 1. The highest BCUT2D eigenvalue weighted by Gasteiger charge is 2.50. The van der Waals surface area contributed by atoms with Crippen molar-refractivity contribution in [3.63, 3.8) is 0 Å². The van der Waals surface area contributed by atoms with E-state index in [-0.39, 0.29) is 11.8 Å². The van der Waals surface area contributed by atoms with Gasteiger partial charge in [0, 0.05) is 12.5 Å². The van der Waals surface area contributed by atoms with Crippen molar-refractivity contribution in [2.24, 2.45) is 11.8 Å². The minimum Gasteiger partial charge on any atom is -0.443 e. The zero-order valence-electron chi connectivity index (χ0n) is 16.2. The lowest BCUT2D eigenvalue weighted by atomic mass is 10.1. The predicted octanol–water partition coefficient (Wildman–Crippen LogP) is 6.01. The molecule has 1 heterocycles. The molecule has 26 heavy (non-hydrogen) atoms. The fourth-order valence-electron chi connectivity index (χ4n) is 2.55. The number of amides is 2. The molecular formula is C20H29Cl2NO3. The molecule has 146 valence electrons. The first-order valence-corrected chi connectivity index (χ1v) is 9.87. The third kappa shape index (κ3) is 7.16. The number of piperidine rings is 1. The van der Waals surface area contributed by atoms with E-state index >= 15 is 0 Å². The van der Waals surface area contributed by atoms with Crippen molar-refractivity contribution in [3.05, 3.63) is 34.4 Å². The zero-order chi connectivity index (χ0) is 19.9. The van der Waals surface area contributed by atoms with Gasteiger partial charge in [-0.05, 0) is 52.0 Å². The topological polar surface area (TPSA) is 46.6 Å². The number of allylic oxidation sites excluding steroid dienone is 6. The van der Waals surface area contributed by atoms with Crippen molar-refractivity contribution in [3.8, 4) is 0 Å². The molecule has 6 heteroatoms. The summed E-state index contributed by atoms with van der Waals surface area (Å²) >= 11 is 11.4. The highest BCUT2D eigenvalue weighted by Crippen LogP contribution is 2.45. The van der Waals surface area contributed by atoms with Crippen molar-refractivity contribution in [1.82, 2.24) is 4.90 Å². The van der Waals surface area contributed by atoms with Gasteiger partial charge < -0.3 is 4.74 Å². The van der Waals surface area contributed by atoms with E-state index in [1.165, 1.54) is 4.90 Å². The van der Waals surface area contributed by atoms with Gasteiger partial charge in [-0.2, -0.15) is 0 Å². The summed E-state index contributed by atoms with van der Waals surface area (Å²) in [7, 11) is 0. The minimum absolute atomic E-state index is 0.0412. The normalized spacial score (nSPS) is 23.8. The van der Waals surface area contributed by atoms with Crippen LogP contribution in [-0.2, 0) is 9.53 Å². The van der Waals surface area contributed by atoms with Gasteiger partial charge in [0.25, 0.3) is 0 Å². The van der Waals surface area contributed by atoms with Gasteiger partial charge in [-0.25, -0.2) is 9.69 Å². The summed E-state index contributed by atoms with van der Waals surface area (Å²) in [6.45, 7) is 9.94. The Balaban J connectivity index is 0.000000263. The van der Waals surface area contributed by atoms with Crippen molar-refractivity contribution in [2.75, 3.05) is 6.54 Å². The van der Waals surface area contributed by atoms with Crippen LogP contribution in [0.15, 0.2) is 34.4 Å². The summed E-state index contributed by atoms with van der Waals surface area (Å²) in [5, 5.41) is 1.26. The minimum atomic E-state index is -0.530. The lowest BCUT2D eigenvalue weighted by molar-refractivity contribution is -0.133. The Morgan fingerprint density at radius 2 is 1.88 bits per heavy atom. The van der Waals surface area contributed by atoms with Crippen molar-refractivity contribution in [2.45, 2.75) is 59.5 Å². The smallest absolute Gasteiger partial charge is 0.417 e. The molecule has 0 aromatic rings. The molecule has 0 N–H and O–H groups in total. The summed E-state index contributed by atoms with van der Waals surface area (Å²) < 4.78 is 5.18. The maximum Gasteiger partial charge on any atom is 0.417 e. The van der Waals surface area contributed by atoms with E-state index in [0.717, 1.165) is 19.3 Å². The van der Waals surface area contributed by atoms with Gasteiger partial charge >= 0.3 is 6.09 Å². The fourth-order valence-corrected chi connectivity index (χ4v) is 2.85. The van der Waals surface area contributed by atoms with Crippen molar-refractivity contribution >= 4 is 35.2 Å². The third-order valence-corrected chi connectivity index (χ3v) is 4.67. The highest BCUT2D eigenvalue weighted by atomic mass is 35.5. The second-order valence-electron chi connectivity index (χ2n) is 7.09. The van der Waals surface area contributed by atoms with Gasteiger partial charge in [0.2, 0.25) is 5.91 Å². The highest BCUT2D eigenvalue weighted by molar-refractivity contribution is 6.44. The predicted molar refractivity (Wildman–Crippen MR) is 107 cm³/mol. The number of hydrogen-bond donors (Lipinski definition) is 0. The summed E-state index contributed by atoms with van der Waals surface area (Å²) in [4.78, 5) is 24.7. The molecule has 1 saturated carbocycles. The Labute approximate surface area is 166 Å². The number of likely N-dealkylation sites (tertiary alicyclic amines) is 1. The van der Waals surface area contributed by atoms with Gasteiger partial charge in [-0.3, -0.25) is 4.79 Å². The average Bonchev–Trinajstić information content (AvgIpc) is 3.36. The number of nitrogens with zero attached hydrogens (tertiary/aromatic N) is 1. The quantitative estimate of drug-likeness (QED) is 0.499. The number of halogens is 2. The van der Waals surface area contributed by atoms with Gasteiger partial charge in [0.15, 0.2) is 0 Å². The molecule has 0 radical (unpaired) electrons. The maximum absolute atomic E-state index is 11.7. The van der Waals surface area contributed by atoms with Crippen LogP contribution in [0.4, 0.5) is 4.79 Å². The van der Waals surface area contributed by atoms with Crippen LogP contribution in [0, 0.1) is 11.8 Å². The molecule has 2 fully saturated rings. The molecule has 0 aromatic heterocycles. The third-order valence-electron chi connectivity index (χ3n) is 3.88. The molecule has 1 saturated heterocycles. The molecule has 2 unspecified atom stereocenters. The van der Waals surface area contributed by atoms with Crippen LogP contribution in [0.25, 0.3) is 0 Å². The number of hydrogen-bond acceptors (Lipinski definition) is 3. The van der Waals surface area contributed by atoms with E-state index in [4.69, 9.17) is 27.9 Å². The van der Waals surface area contributed by atoms with E-state index in [9.17, 15) is 9.59 Å². The van der Waals surface area contributed by atoms with Crippen LogP contribution in [0.5, 0.6) is 0 Å². The molecule has 0 bridgehead atoms. The second kappa shape index (κ2) is 10.2. The van der Waals surface area contributed by atoms with Crippen LogP contribution in [0.2, 0.25) is 0 Å². The molecule has 0 aromatic carbocycles. The number of carbonyl (C=O) groups is 2. The maximum atomic E-state index is 11.7. The molecule has 3 aliphatic rings. The Kier molecular flexibility index (Phi) is 8.91. The van der Waals surface area contributed by atoms with Crippen molar-refractivity contribution < 1.29 is 14.3 Å². The molecular weight excluding hydrogens is 373 g/mol. The molecule has 3 rings (SSSR count). The Morgan fingerprint density at radius 3 is 2.50 bits per heavy atom. The lowest BCUT2D eigenvalue weighted by Crippen LogP contribution is -2.44. The SMILES string of the molecule is CC.CC(C)(C)OC(=O)N1CCC2CC2C1=O.ClC1=CC=CCC=C1Cl. The second-order valence-corrected chi connectivity index (χ2v) is 7.91. The number of fused-ring (bicyclic) bond motifs is 1. The molecule has 2 atom stereocenters. The number of ether oxygens (including phenoxy) is 1. The van der Waals surface area contributed by atoms with E-state index in [2.05, 4.69) is 0 Å². The number of rotatable bonds is 0. The first-order chi connectivity index (χ1) is 12.2. The first-order valence-electron chi connectivity index (χ1n) is 9.12. The Hall–Kier alpha value is -1.26. The summed E-state index contributed by atoms with van der Waals surface area (Å²) in [5.41, 5.74) is -0.530. The van der Waals surface area contributed by atoms with E-state index in [1.807, 2.05) is 32.1 Å². The van der Waals surface area contributed by atoms with Crippen LogP contribution in [0.1, 0.15) is 53.9 Å². The Morgan fingerprint density at radius 1 is 1.23 bits per heavy atom. The first kappa shape index (κ1) is 22.8. The molecule has 2 aliphatic carbocycles. The van der Waals surface area contributed by atoms with E-state index < -0.39 is 11.7 Å². The summed E-state index contributed by atoms with van der Waals surface area (Å²) in [6.07, 6.45) is 9.83. The van der Waals surface area contributed by atoms with Crippen LogP contribution < -0.4 is 0 Å². The molecule has 2 amide bonds. The number of carbonyl (C=O) groups excluding carboxylic acids is 2. The van der Waals surface area contributed by atoms with Gasteiger partial charge in [-0.1, -0.05) is 55.3 Å². The standard InChI is InChI=1S/C11H17NO3.C7H6Cl2.C2H6/c1-11(2,3)15-10(14)12-5-4-7-6-8(7)9(12)13;8-6-4-2-1-3-5-7(6)9;1-2/h7-8H,4-6H2,1-3H3;1-2,4-5H,3H2;1-2H3. The summed E-state index contributed by atoms with van der Waals surface area (Å²) in [6, 6.07) is 0. The van der Waals surface area contributed by atoms with Crippen LogP contribution in [-0.4, -0.2) is 29.0 Å². The monoisotopic (exact) mass is 401 g/mol. The van der Waals surface area contributed by atoms with E-state index in [1.54, 1.807) is 26.8 Å². The summed E-state index contributed by atoms with van der Waals surface area (Å²) in [5.74, 6) is 0.600. The van der Waals surface area contributed by atoms with Gasteiger partial charge in [0.1, 0.15) is 5.60 Å². The van der Waals surface area contributed by atoms with Crippen molar-refractivity contribution in [1.29, 1.82) is 0 Å². The fraction of sp³-hybridized carbons (Fsp3) is 0.600. The average molecular weight is 402 g/mol. The van der Waals surface area contributed by atoms with Gasteiger partial charge in [-0.15, -0.1) is 0 Å². The van der Waals surface area contributed by atoms with Crippen LogP contribution in [0.3, 0.4) is 0 Å². The van der Waals surface area contributed by atoms with Gasteiger partial charge in [0.05, 0.1) is 10.1 Å². The van der Waals surface area contributed by atoms with Crippen LogP contribution >= 0.6 is 23.2 Å². The zero-order valence-corrected chi connectivity index (χ0v) is 17.7. The Bertz CT molecular complexity index is 603. The van der Waals surface area contributed by atoms with E-state index in [0.29, 0.717) is 22.5 Å².